The highest BCUT2D eigenvalue weighted by Crippen LogP contribution is 2.19. The maximum absolute atomic E-state index is 10.7. The molecule has 0 aliphatic heterocycles. The molecule has 0 amide bonds. The van der Waals surface area contributed by atoms with E-state index in [0.29, 0.717) is 11.3 Å². The molecule has 0 bridgehead atoms. The van der Waals surface area contributed by atoms with Gasteiger partial charge in [-0.15, -0.1) is 0 Å². The minimum absolute atomic E-state index is 0.584. The van der Waals surface area contributed by atoms with Crippen LogP contribution in [0.5, 0.6) is 5.75 Å². The first-order valence-electron chi connectivity index (χ1n) is 4.69. The van der Waals surface area contributed by atoms with E-state index >= 15 is 0 Å². The fraction of sp³-hybridized carbons (Fsp3) is 0.250. The number of rotatable bonds is 4. The molecule has 0 fully saturated rings. The van der Waals surface area contributed by atoms with E-state index in [1.807, 2.05) is 32.1 Å². The Morgan fingerprint density at radius 3 is 2.71 bits per heavy atom. The minimum Gasteiger partial charge on any atom is -0.461 e. The smallest absolute Gasteiger partial charge is 0.153 e. The average molecular weight is 190 g/mol. The number of carbonyl (C=O) groups is 1. The van der Waals surface area contributed by atoms with Gasteiger partial charge in [-0.3, -0.25) is 4.79 Å². The van der Waals surface area contributed by atoms with Crippen LogP contribution in [0.3, 0.4) is 0 Å². The van der Waals surface area contributed by atoms with E-state index < -0.39 is 0 Å². The second-order valence-electron chi connectivity index (χ2n) is 2.87. The van der Waals surface area contributed by atoms with Crippen LogP contribution < -0.4 is 4.74 Å². The predicted octanol–water partition coefficient (Wildman–Crippen LogP) is 3.19. The van der Waals surface area contributed by atoms with Crippen molar-refractivity contribution >= 4 is 6.29 Å². The number of aldehydes is 1. The number of hydrogen-bond acceptors (Lipinski definition) is 2. The van der Waals surface area contributed by atoms with Gasteiger partial charge in [-0.05, 0) is 25.1 Å². The Kier molecular flexibility index (Phi) is 3.92. The minimum atomic E-state index is 0.584. The SMILES string of the molecule is CC=C(CC)Oc1ccccc1C=O. The van der Waals surface area contributed by atoms with Crippen molar-refractivity contribution in [2.75, 3.05) is 0 Å². The van der Waals surface area contributed by atoms with Crippen molar-refractivity contribution in [3.63, 3.8) is 0 Å². The molecule has 1 aromatic rings. The summed E-state index contributed by atoms with van der Waals surface area (Å²) in [5.74, 6) is 1.50. The molecular formula is C12H14O2. The van der Waals surface area contributed by atoms with Crippen LogP contribution in [0.1, 0.15) is 30.6 Å². The number of allylic oxidation sites excluding steroid dienone is 2. The Morgan fingerprint density at radius 1 is 1.43 bits per heavy atom. The van der Waals surface area contributed by atoms with E-state index in [0.717, 1.165) is 18.5 Å². The van der Waals surface area contributed by atoms with E-state index in [2.05, 4.69) is 0 Å². The van der Waals surface area contributed by atoms with Crippen molar-refractivity contribution in [3.8, 4) is 5.75 Å². The van der Waals surface area contributed by atoms with Crippen molar-refractivity contribution in [3.05, 3.63) is 41.7 Å². The summed E-state index contributed by atoms with van der Waals surface area (Å²) in [6.07, 6.45) is 3.53. The number of ether oxygens (including phenoxy) is 1. The van der Waals surface area contributed by atoms with E-state index in [9.17, 15) is 4.79 Å². The number of carbonyl (C=O) groups excluding carboxylic acids is 1. The summed E-state index contributed by atoms with van der Waals surface area (Å²) in [5.41, 5.74) is 0.584. The highest BCUT2D eigenvalue weighted by atomic mass is 16.5. The summed E-state index contributed by atoms with van der Waals surface area (Å²) in [5, 5.41) is 0. The Bertz CT molecular complexity index is 340. The third-order valence-corrected chi connectivity index (χ3v) is 1.96. The van der Waals surface area contributed by atoms with Gasteiger partial charge in [-0.1, -0.05) is 19.1 Å². The zero-order valence-electron chi connectivity index (χ0n) is 8.49. The standard InChI is InChI=1S/C12H14O2/c1-3-11(4-2)14-12-8-6-5-7-10(12)9-13/h3,5-9H,4H2,1-2H3. The molecule has 2 heteroatoms. The van der Waals surface area contributed by atoms with Crippen LogP contribution in [0.25, 0.3) is 0 Å². The third-order valence-electron chi connectivity index (χ3n) is 1.96. The van der Waals surface area contributed by atoms with Gasteiger partial charge in [0.2, 0.25) is 0 Å². The lowest BCUT2D eigenvalue weighted by Crippen LogP contribution is -1.96. The molecule has 0 saturated carbocycles. The van der Waals surface area contributed by atoms with Gasteiger partial charge >= 0.3 is 0 Å². The van der Waals surface area contributed by atoms with Gasteiger partial charge in [0, 0.05) is 6.42 Å². The van der Waals surface area contributed by atoms with Gasteiger partial charge in [0.1, 0.15) is 5.75 Å². The highest BCUT2D eigenvalue weighted by Gasteiger charge is 2.02. The Hall–Kier alpha value is -1.57. The molecule has 1 rings (SSSR count). The van der Waals surface area contributed by atoms with Gasteiger partial charge in [0.05, 0.1) is 11.3 Å². The van der Waals surface area contributed by atoms with Gasteiger partial charge in [0.15, 0.2) is 6.29 Å². The molecule has 0 radical (unpaired) electrons. The highest BCUT2D eigenvalue weighted by molar-refractivity contribution is 5.79. The van der Waals surface area contributed by atoms with Gasteiger partial charge < -0.3 is 4.74 Å². The molecule has 0 aliphatic carbocycles. The lowest BCUT2D eigenvalue weighted by molar-refractivity contribution is 0.112. The molecular weight excluding hydrogens is 176 g/mol. The van der Waals surface area contributed by atoms with Crippen molar-refractivity contribution in [2.24, 2.45) is 0 Å². The van der Waals surface area contributed by atoms with Gasteiger partial charge in [0.25, 0.3) is 0 Å². The van der Waals surface area contributed by atoms with Crippen LogP contribution in [0.4, 0.5) is 0 Å². The molecule has 0 saturated heterocycles. The van der Waals surface area contributed by atoms with Crippen molar-refractivity contribution in [1.29, 1.82) is 0 Å². The summed E-state index contributed by atoms with van der Waals surface area (Å²) in [6.45, 7) is 3.93. The van der Waals surface area contributed by atoms with Gasteiger partial charge in [-0.2, -0.15) is 0 Å². The van der Waals surface area contributed by atoms with Crippen LogP contribution in [0.2, 0.25) is 0 Å². The first-order valence-corrected chi connectivity index (χ1v) is 4.69. The second kappa shape index (κ2) is 5.22. The quantitative estimate of drug-likeness (QED) is 0.538. The first-order chi connectivity index (χ1) is 6.81. The molecule has 1 aromatic carbocycles. The fourth-order valence-electron chi connectivity index (χ4n) is 1.15. The van der Waals surface area contributed by atoms with Crippen LogP contribution in [-0.2, 0) is 0 Å². The largest absolute Gasteiger partial charge is 0.461 e. The van der Waals surface area contributed by atoms with Gasteiger partial charge in [-0.25, -0.2) is 0 Å². The number of hydrogen-bond donors (Lipinski definition) is 0. The summed E-state index contributed by atoms with van der Waals surface area (Å²) in [7, 11) is 0. The predicted molar refractivity (Wildman–Crippen MR) is 56.5 cm³/mol. The van der Waals surface area contributed by atoms with E-state index in [1.54, 1.807) is 12.1 Å². The van der Waals surface area contributed by atoms with E-state index in [4.69, 9.17) is 4.74 Å². The number of benzene rings is 1. The lowest BCUT2D eigenvalue weighted by atomic mass is 10.2. The van der Waals surface area contributed by atoms with Crippen molar-refractivity contribution < 1.29 is 9.53 Å². The maximum Gasteiger partial charge on any atom is 0.153 e. The Morgan fingerprint density at radius 2 is 2.14 bits per heavy atom. The zero-order valence-corrected chi connectivity index (χ0v) is 8.49. The molecule has 0 unspecified atom stereocenters. The molecule has 0 aliphatic rings. The molecule has 0 spiro atoms. The monoisotopic (exact) mass is 190 g/mol. The zero-order chi connectivity index (χ0) is 10.4. The number of para-hydroxylation sites is 1. The van der Waals surface area contributed by atoms with E-state index in [-0.39, 0.29) is 0 Å². The van der Waals surface area contributed by atoms with Crippen LogP contribution >= 0.6 is 0 Å². The normalized spacial score (nSPS) is 11.1. The molecule has 0 aromatic heterocycles. The van der Waals surface area contributed by atoms with Crippen LogP contribution in [-0.4, -0.2) is 6.29 Å². The maximum atomic E-state index is 10.7. The van der Waals surface area contributed by atoms with Crippen LogP contribution in [0, 0.1) is 0 Å². The molecule has 0 heterocycles. The second-order valence-corrected chi connectivity index (χ2v) is 2.87. The van der Waals surface area contributed by atoms with Crippen molar-refractivity contribution in [1.82, 2.24) is 0 Å². The lowest BCUT2D eigenvalue weighted by Gasteiger charge is -2.09. The molecule has 0 atom stereocenters. The Labute approximate surface area is 84.2 Å². The third kappa shape index (κ3) is 2.46. The fourth-order valence-corrected chi connectivity index (χ4v) is 1.15. The average Bonchev–Trinajstić information content (AvgIpc) is 2.26. The molecule has 74 valence electrons. The van der Waals surface area contributed by atoms with Crippen LogP contribution in [0.15, 0.2) is 36.1 Å². The summed E-state index contributed by atoms with van der Waals surface area (Å²) in [6, 6.07) is 7.21. The van der Waals surface area contributed by atoms with E-state index in [1.165, 1.54) is 0 Å². The molecule has 0 N–H and O–H groups in total. The first kappa shape index (κ1) is 10.5. The van der Waals surface area contributed by atoms with Crippen molar-refractivity contribution in [2.45, 2.75) is 20.3 Å². The summed E-state index contributed by atoms with van der Waals surface area (Å²) < 4.78 is 5.56. The summed E-state index contributed by atoms with van der Waals surface area (Å²) >= 11 is 0. The topological polar surface area (TPSA) is 26.3 Å². The summed E-state index contributed by atoms with van der Waals surface area (Å²) in [4.78, 5) is 10.7. The Balaban J connectivity index is 2.90. The molecule has 2 nitrogen and oxygen atoms in total. The molecule has 14 heavy (non-hydrogen) atoms.